The zero-order valence-corrected chi connectivity index (χ0v) is 19.3. The predicted molar refractivity (Wildman–Crippen MR) is 132 cm³/mol. The SMILES string of the molecule is CN1CCN(c2cccc(C=CC(=O)c3ccc(NC(=O)OCc4cccs4)cc3)n2)CC1. The number of carbonyl (C=O) groups excluding carboxylic acids is 2. The second-order valence-electron chi connectivity index (χ2n) is 7.77. The third-order valence-corrected chi connectivity index (χ3v) is 6.18. The number of piperazine rings is 1. The first-order chi connectivity index (χ1) is 16.1. The second kappa shape index (κ2) is 10.9. The molecule has 1 fully saturated rings. The van der Waals surface area contributed by atoms with Crippen LogP contribution in [0.4, 0.5) is 16.3 Å². The van der Waals surface area contributed by atoms with E-state index in [4.69, 9.17) is 4.74 Å². The predicted octanol–water partition coefficient (Wildman–Crippen LogP) is 4.54. The molecular formula is C25H26N4O3S. The van der Waals surface area contributed by atoms with Crippen molar-refractivity contribution in [1.82, 2.24) is 9.88 Å². The summed E-state index contributed by atoms with van der Waals surface area (Å²) >= 11 is 1.53. The van der Waals surface area contributed by atoms with Crippen molar-refractivity contribution in [2.45, 2.75) is 6.61 Å². The molecule has 1 amide bonds. The van der Waals surface area contributed by atoms with Crippen LogP contribution in [0.2, 0.25) is 0 Å². The molecule has 0 radical (unpaired) electrons. The minimum absolute atomic E-state index is 0.131. The van der Waals surface area contributed by atoms with E-state index in [1.54, 1.807) is 30.3 Å². The maximum atomic E-state index is 12.6. The minimum atomic E-state index is -0.534. The van der Waals surface area contributed by atoms with Gasteiger partial charge in [-0.25, -0.2) is 9.78 Å². The Morgan fingerprint density at radius 1 is 1.06 bits per heavy atom. The molecule has 1 saturated heterocycles. The molecule has 0 aliphatic carbocycles. The average molecular weight is 463 g/mol. The van der Waals surface area contributed by atoms with Gasteiger partial charge >= 0.3 is 6.09 Å². The molecule has 1 aliphatic rings. The van der Waals surface area contributed by atoms with Crippen LogP contribution < -0.4 is 10.2 Å². The molecule has 3 aromatic rings. The highest BCUT2D eigenvalue weighted by Gasteiger charge is 2.15. The fourth-order valence-electron chi connectivity index (χ4n) is 3.40. The van der Waals surface area contributed by atoms with Crippen molar-refractivity contribution in [3.05, 3.63) is 82.2 Å². The lowest BCUT2D eigenvalue weighted by Gasteiger charge is -2.33. The molecule has 1 aliphatic heterocycles. The molecule has 8 heteroatoms. The Bertz CT molecular complexity index is 1100. The molecule has 0 spiro atoms. The molecule has 7 nitrogen and oxygen atoms in total. The van der Waals surface area contributed by atoms with Crippen molar-refractivity contribution < 1.29 is 14.3 Å². The lowest BCUT2D eigenvalue weighted by molar-refractivity contribution is 0.104. The second-order valence-corrected chi connectivity index (χ2v) is 8.80. The van der Waals surface area contributed by atoms with Crippen LogP contribution in [0, 0.1) is 0 Å². The smallest absolute Gasteiger partial charge is 0.411 e. The maximum Gasteiger partial charge on any atom is 0.411 e. The van der Waals surface area contributed by atoms with Crippen molar-refractivity contribution in [2.24, 2.45) is 0 Å². The third kappa shape index (κ3) is 6.50. The number of hydrogen-bond donors (Lipinski definition) is 1. The standard InChI is InChI=1S/C25H26N4O3S/c1-28-13-15-29(16-14-28)24-6-2-4-20(26-24)11-12-23(30)19-7-9-21(10-8-19)27-25(31)32-18-22-5-3-17-33-22/h2-12,17H,13-16,18H2,1H3,(H,27,31). The first kappa shape index (κ1) is 22.7. The van der Waals surface area contributed by atoms with Crippen LogP contribution in [0.15, 0.2) is 66.1 Å². The summed E-state index contributed by atoms with van der Waals surface area (Å²) in [6.45, 7) is 4.14. The summed E-state index contributed by atoms with van der Waals surface area (Å²) in [5.74, 6) is 0.799. The Kier molecular flexibility index (Phi) is 7.49. The van der Waals surface area contributed by atoms with E-state index in [1.165, 1.54) is 17.4 Å². The zero-order chi connectivity index (χ0) is 23.0. The summed E-state index contributed by atoms with van der Waals surface area (Å²) in [6, 6.07) is 16.4. The minimum Gasteiger partial charge on any atom is -0.444 e. The van der Waals surface area contributed by atoms with Gasteiger partial charge in [0.25, 0.3) is 0 Å². The fraction of sp³-hybridized carbons (Fsp3) is 0.240. The van der Waals surface area contributed by atoms with Crippen LogP contribution in [0.3, 0.4) is 0 Å². The molecule has 33 heavy (non-hydrogen) atoms. The number of aromatic nitrogens is 1. The highest BCUT2D eigenvalue weighted by Crippen LogP contribution is 2.16. The number of benzene rings is 1. The van der Waals surface area contributed by atoms with Crippen LogP contribution in [0.25, 0.3) is 6.08 Å². The highest BCUT2D eigenvalue weighted by molar-refractivity contribution is 7.09. The van der Waals surface area contributed by atoms with E-state index >= 15 is 0 Å². The van der Waals surface area contributed by atoms with Gasteiger partial charge < -0.3 is 14.5 Å². The average Bonchev–Trinajstić information content (AvgIpc) is 3.36. The number of nitrogens with zero attached hydrogens (tertiary/aromatic N) is 3. The molecule has 3 heterocycles. The number of amides is 1. The van der Waals surface area contributed by atoms with E-state index in [1.807, 2.05) is 35.7 Å². The molecule has 4 rings (SSSR count). The van der Waals surface area contributed by atoms with Crippen molar-refractivity contribution in [1.29, 1.82) is 0 Å². The van der Waals surface area contributed by atoms with Crippen molar-refractivity contribution in [3.63, 3.8) is 0 Å². The quantitative estimate of drug-likeness (QED) is 0.410. The number of nitrogens with one attached hydrogen (secondary N) is 1. The largest absolute Gasteiger partial charge is 0.444 e. The number of ketones is 1. The molecule has 1 aromatic carbocycles. The summed E-state index contributed by atoms with van der Waals surface area (Å²) in [7, 11) is 2.12. The van der Waals surface area contributed by atoms with E-state index in [-0.39, 0.29) is 12.4 Å². The van der Waals surface area contributed by atoms with Crippen LogP contribution in [-0.2, 0) is 11.3 Å². The first-order valence-electron chi connectivity index (χ1n) is 10.8. The van der Waals surface area contributed by atoms with Crippen LogP contribution in [0.5, 0.6) is 0 Å². The summed E-state index contributed by atoms with van der Waals surface area (Å²) in [5.41, 5.74) is 1.83. The van der Waals surface area contributed by atoms with E-state index < -0.39 is 6.09 Å². The van der Waals surface area contributed by atoms with Gasteiger partial charge in [0, 0.05) is 42.3 Å². The Morgan fingerprint density at radius 2 is 1.85 bits per heavy atom. The lowest BCUT2D eigenvalue weighted by atomic mass is 10.1. The van der Waals surface area contributed by atoms with Gasteiger partial charge in [0.05, 0.1) is 5.69 Å². The molecular weight excluding hydrogens is 436 g/mol. The fourth-order valence-corrected chi connectivity index (χ4v) is 4.02. The number of anilines is 2. The molecule has 1 N–H and O–H groups in total. The van der Waals surface area contributed by atoms with Crippen LogP contribution >= 0.6 is 11.3 Å². The zero-order valence-electron chi connectivity index (χ0n) is 18.4. The summed E-state index contributed by atoms with van der Waals surface area (Å²) in [6.07, 6.45) is 2.72. The number of allylic oxidation sites excluding steroid dienone is 1. The van der Waals surface area contributed by atoms with E-state index in [2.05, 4.69) is 27.1 Å². The Morgan fingerprint density at radius 3 is 2.58 bits per heavy atom. The number of rotatable bonds is 7. The normalized spacial score (nSPS) is 14.4. The van der Waals surface area contributed by atoms with Crippen LogP contribution in [0.1, 0.15) is 20.9 Å². The van der Waals surface area contributed by atoms with Gasteiger partial charge in [0.1, 0.15) is 12.4 Å². The molecule has 0 bridgehead atoms. The third-order valence-electron chi connectivity index (χ3n) is 5.33. The topological polar surface area (TPSA) is 74.8 Å². The van der Waals surface area contributed by atoms with Crippen LogP contribution in [-0.4, -0.2) is 55.0 Å². The lowest BCUT2D eigenvalue weighted by Crippen LogP contribution is -2.44. The number of pyridine rings is 1. The first-order valence-corrected chi connectivity index (χ1v) is 11.6. The van der Waals surface area contributed by atoms with Gasteiger partial charge in [0.15, 0.2) is 5.78 Å². The van der Waals surface area contributed by atoms with Gasteiger partial charge in [-0.15, -0.1) is 11.3 Å². The van der Waals surface area contributed by atoms with Gasteiger partial charge in [-0.1, -0.05) is 12.1 Å². The Balaban J connectivity index is 1.31. The highest BCUT2D eigenvalue weighted by atomic mass is 32.1. The number of ether oxygens (including phenoxy) is 1. The Hall–Kier alpha value is -3.49. The van der Waals surface area contributed by atoms with Gasteiger partial charge in [0.2, 0.25) is 0 Å². The maximum absolute atomic E-state index is 12.6. The summed E-state index contributed by atoms with van der Waals surface area (Å²) < 4.78 is 5.18. The van der Waals surface area contributed by atoms with E-state index in [0.717, 1.165) is 42.6 Å². The van der Waals surface area contributed by atoms with Crippen molar-refractivity contribution >= 4 is 40.8 Å². The summed E-state index contributed by atoms with van der Waals surface area (Å²) in [4.78, 5) is 34.7. The van der Waals surface area contributed by atoms with E-state index in [0.29, 0.717) is 11.3 Å². The molecule has 0 saturated carbocycles. The number of likely N-dealkylation sites (N-methyl/N-ethyl adjacent to an activating group) is 1. The van der Waals surface area contributed by atoms with Crippen molar-refractivity contribution in [2.75, 3.05) is 43.4 Å². The van der Waals surface area contributed by atoms with Crippen molar-refractivity contribution in [3.8, 4) is 0 Å². The number of carbonyl (C=O) groups is 2. The molecule has 2 aromatic heterocycles. The Labute approximate surface area is 197 Å². The van der Waals surface area contributed by atoms with Gasteiger partial charge in [-0.3, -0.25) is 10.1 Å². The summed E-state index contributed by atoms with van der Waals surface area (Å²) in [5, 5.41) is 4.60. The van der Waals surface area contributed by atoms with E-state index in [9.17, 15) is 9.59 Å². The number of hydrogen-bond acceptors (Lipinski definition) is 7. The monoisotopic (exact) mass is 462 g/mol. The number of thiophene rings is 1. The molecule has 170 valence electrons. The molecule has 0 atom stereocenters. The molecule has 0 unspecified atom stereocenters. The van der Waals surface area contributed by atoms with Gasteiger partial charge in [-0.05, 0) is 67.0 Å². The van der Waals surface area contributed by atoms with Gasteiger partial charge in [-0.2, -0.15) is 0 Å².